The van der Waals surface area contributed by atoms with E-state index in [4.69, 9.17) is 0 Å². The number of aryl methyl sites for hydroxylation is 1. The Balaban J connectivity index is 1.86. The van der Waals surface area contributed by atoms with Gasteiger partial charge in [0.1, 0.15) is 5.69 Å². The largest absolute Gasteiger partial charge is 0.350 e. The van der Waals surface area contributed by atoms with E-state index in [1.54, 1.807) is 40.0 Å². The molecule has 0 spiro atoms. The minimum absolute atomic E-state index is 0.0136. The normalized spacial score (nSPS) is 16.5. The lowest BCUT2D eigenvalue weighted by Gasteiger charge is -2.19. The van der Waals surface area contributed by atoms with Gasteiger partial charge >= 0.3 is 0 Å². The van der Waals surface area contributed by atoms with Crippen LogP contribution in [-0.4, -0.2) is 69.7 Å². The molecule has 0 saturated carbocycles. The zero-order valence-electron chi connectivity index (χ0n) is 17.0. The van der Waals surface area contributed by atoms with E-state index in [9.17, 15) is 9.59 Å². The van der Waals surface area contributed by atoms with Crippen LogP contribution < -0.4 is 10.2 Å². The Labute approximate surface area is 164 Å². The second kappa shape index (κ2) is 7.95. The number of anilines is 1. The van der Waals surface area contributed by atoms with Gasteiger partial charge in [-0.2, -0.15) is 5.10 Å². The fraction of sp³-hybridized carbons (Fsp3) is 0.526. The Morgan fingerprint density at radius 3 is 2.68 bits per heavy atom. The molecular formula is C19H27N7O2. The van der Waals surface area contributed by atoms with E-state index in [2.05, 4.69) is 20.4 Å². The van der Waals surface area contributed by atoms with Crippen molar-refractivity contribution in [2.24, 2.45) is 7.05 Å². The van der Waals surface area contributed by atoms with Crippen molar-refractivity contribution in [3.8, 4) is 0 Å². The van der Waals surface area contributed by atoms with E-state index in [0.717, 1.165) is 6.42 Å². The van der Waals surface area contributed by atoms with Crippen molar-refractivity contribution < 1.29 is 9.59 Å². The molecule has 2 amide bonds. The fourth-order valence-corrected chi connectivity index (χ4v) is 3.29. The summed E-state index contributed by atoms with van der Waals surface area (Å²) in [4.78, 5) is 37.9. The average molecular weight is 385 g/mol. The summed E-state index contributed by atoms with van der Waals surface area (Å²) < 4.78 is 1.61. The quantitative estimate of drug-likeness (QED) is 0.826. The molecule has 1 unspecified atom stereocenters. The summed E-state index contributed by atoms with van der Waals surface area (Å²) in [5.74, 6) is 0.232. The first kappa shape index (κ1) is 19.8. The van der Waals surface area contributed by atoms with Gasteiger partial charge in [0.05, 0.1) is 11.3 Å². The number of amides is 2. The van der Waals surface area contributed by atoms with Crippen LogP contribution in [0.5, 0.6) is 0 Å². The molecule has 0 radical (unpaired) electrons. The number of carbonyl (C=O) groups excluding carboxylic acids is 2. The molecule has 9 heteroatoms. The summed E-state index contributed by atoms with van der Waals surface area (Å²) in [6.45, 7) is 4.93. The summed E-state index contributed by atoms with van der Waals surface area (Å²) in [7, 11) is 5.50. The van der Waals surface area contributed by atoms with Crippen molar-refractivity contribution in [1.29, 1.82) is 0 Å². The molecule has 0 bridgehead atoms. The van der Waals surface area contributed by atoms with Crippen LogP contribution in [0.1, 0.15) is 52.7 Å². The van der Waals surface area contributed by atoms with Gasteiger partial charge in [-0.15, -0.1) is 0 Å². The van der Waals surface area contributed by atoms with Crippen molar-refractivity contribution in [1.82, 2.24) is 30.0 Å². The molecule has 9 nitrogen and oxygen atoms in total. The summed E-state index contributed by atoms with van der Waals surface area (Å²) in [5.41, 5.74) is 1.59. The van der Waals surface area contributed by atoms with Crippen LogP contribution in [0.4, 0.5) is 5.95 Å². The molecule has 3 heterocycles. The van der Waals surface area contributed by atoms with E-state index < -0.39 is 0 Å². The summed E-state index contributed by atoms with van der Waals surface area (Å²) in [6.07, 6.45) is 4.08. The molecule has 2 aromatic heterocycles. The first-order chi connectivity index (χ1) is 13.3. The van der Waals surface area contributed by atoms with E-state index in [-0.39, 0.29) is 23.8 Å². The highest BCUT2D eigenvalue weighted by Crippen LogP contribution is 2.30. The maximum atomic E-state index is 12.7. The minimum Gasteiger partial charge on any atom is -0.350 e. The van der Waals surface area contributed by atoms with Gasteiger partial charge in [0.15, 0.2) is 0 Å². The first-order valence-electron chi connectivity index (χ1n) is 9.40. The van der Waals surface area contributed by atoms with Gasteiger partial charge in [-0.3, -0.25) is 14.3 Å². The van der Waals surface area contributed by atoms with E-state index >= 15 is 0 Å². The van der Waals surface area contributed by atoms with Crippen molar-refractivity contribution in [3.63, 3.8) is 0 Å². The molecule has 1 N–H and O–H groups in total. The lowest BCUT2D eigenvalue weighted by Crippen LogP contribution is -2.32. The second-order valence-electron chi connectivity index (χ2n) is 7.60. The van der Waals surface area contributed by atoms with E-state index in [1.807, 2.05) is 27.9 Å². The van der Waals surface area contributed by atoms with Gasteiger partial charge in [0, 0.05) is 58.6 Å². The molecule has 1 aliphatic rings. The number of rotatable bonds is 5. The van der Waals surface area contributed by atoms with Gasteiger partial charge in [-0.05, 0) is 26.3 Å². The molecular weight excluding hydrogens is 358 g/mol. The number of nitrogens with zero attached hydrogens (tertiary/aromatic N) is 6. The third-order valence-electron chi connectivity index (χ3n) is 4.66. The Morgan fingerprint density at radius 1 is 1.32 bits per heavy atom. The molecule has 0 aromatic carbocycles. The van der Waals surface area contributed by atoms with Crippen molar-refractivity contribution >= 4 is 17.8 Å². The topological polar surface area (TPSA) is 96.3 Å². The first-order valence-corrected chi connectivity index (χ1v) is 9.40. The Bertz CT molecular complexity index is 875. The monoisotopic (exact) mass is 385 g/mol. The SMILES string of the molecule is CC(C)NC(=O)c1cnc(N(C)C)nc1C1CCN(C(=O)c2ccn(C)n2)C1. The molecule has 1 atom stereocenters. The summed E-state index contributed by atoms with van der Waals surface area (Å²) in [6, 6.07) is 1.73. The molecule has 28 heavy (non-hydrogen) atoms. The lowest BCUT2D eigenvalue weighted by molar-refractivity contribution is 0.0784. The number of nitrogens with one attached hydrogen (secondary N) is 1. The van der Waals surface area contributed by atoms with E-state index in [1.165, 1.54) is 0 Å². The van der Waals surface area contributed by atoms with Crippen LogP contribution in [0.15, 0.2) is 18.5 Å². The molecule has 2 aromatic rings. The minimum atomic E-state index is -0.190. The van der Waals surface area contributed by atoms with Gasteiger partial charge in [0.2, 0.25) is 5.95 Å². The van der Waals surface area contributed by atoms with Crippen molar-refractivity contribution in [2.75, 3.05) is 32.1 Å². The predicted molar refractivity (Wildman–Crippen MR) is 105 cm³/mol. The van der Waals surface area contributed by atoms with Gasteiger partial charge in [0.25, 0.3) is 11.8 Å². The van der Waals surface area contributed by atoms with Crippen LogP contribution in [0.25, 0.3) is 0 Å². The number of carbonyl (C=O) groups is 2. The number of likely N-dealkylation sites (tertiary alicyclic amines) is 1. The fourth-order valence-electron chi connectivity index (χ4n) is 3.29. The molecule has 150 valence electrons. The van der Waals surface area contributed by atoms with Crippen LogP contribution in [0, 0.1) is 0 Å². The Morgan fingerprint density at radius 2 is 2.07 bits per heavy atom. The van der Waals surface area contributed by atoms with Crippen LogP contribution in [0.3, 0.4) is 0 Å². The zero-order valence-corrected chi connectivity index (χ0v) is 17.0. The summed E-state index contributed by atoms with van der Waals surface area (Å²) in [5, 5.41) is 7.11. The van der Waals surface area contributed by atoms with Crippen LogP contribution >= 0.6 is 0 Å². The number of hydrogen-bond donors (Lipinski definition) is 1. The lowest BCUT2D eigenvalue weighted by atomic mass is 9.99. The summed E-state index contributed by atoms with van der Waals surface area (Å²) >= 11 is 0. The molecule has 0 aliphatic carbocycles. The van der Waals surface area contributed by atoms with Crippen molar-refractivity contribution in [3.05, 3.63) is 35.4 Å². The van der Waals surface area contributed by atoms with Gasteiger partial charge in [-0.1, -0.05) is 0 Å². The number of hydrogen-bond acceptors (Lipinski definition) is 6. The standard InChI is InChI=1S/C19H27N7O2/c1-12(2)21-17(27)14-10-20-19(24(3)4)22-16(14)13-6-9-26(11-13)18(28)15-7-8-25(5)23-15/h7-8,10,12-13H,6,9,11H2,1-5H3,(H,21,27). The highest BCUT2D eigenvalue weighted by Gasteiger charge is 2.33. The highest BCUT2D eigenvalue weighted by atomic mass is 16.2. The molecule has 1 aliphatic heterocycles. The van der Waals surface area contributed by atoms with Gasteiger partial charge < -0.3 is 15.1 Å². The Hall–Kier alpha value is -2.97. The predicted octanol–water partition coefficient (Wildman–Crippen LogP) is 1.04. The van der Waals surface area contributed by atoms with Crippen LogP contribution in [-0.2, 0) is 7.05 Å². The zero-order chi connectivity index (χ0) is 20.4. The van der Waals surface area contributed by atoms with Gasteiger partial charge in [-0.25, -0.2) is 9.97 Å². The Kier molecular flexibility index (Phi) is 5.62. The average Bonchev–Trinajstić information content (AvgIpc) is 3.29. The maximum absolute atomic E-state index is 12.7. The van der Waals surface area contributed by atoms with E-state index in [0.29, 0.717) is 36.0 Å². The highest BCUT2D eigenvalue weighted by molar-refractivity contribution is 5.95. The molecule has 3 rings (SSSR count). The number of aromatic nitrogens is 4. The third kappa shape index (κ3) is 4.13. The molecule has 1 saturated heterocycles. The van der Waals surface area contributed by atoms with Crippen molar-refractivity contribution in [2.45, 2.75) is 32.2 Å². The second-order valence-corrected chi connectivity index (χ2v) is 7.60. The molecule has 1 fully saturated rings. The van der Waals surface area contributed by atoms with Crippen LogP contribution in [0.2, 0.25) is 0 Å². The maximum Gasteiger partial charge on any atom is 0.274 e. The third-order valence-corrected chi connectivity index (χ3v) is 4.66. The smallest absolute Gasteiger partial charge is 0.274 e.